The maximum Gasteiger partial charge on any atom is 0.243 e. The molecule has 0 saturated carbocycles. The molecule has 1 fully saturated rings. The van der Waals surface area contributed by atoms with Gasteiger partial charge in [0.15, 0.2) is 5.82 Å². The van der Waals surface area contributed by atoms with Crippen LogP contribution in [0.3, 0.4) is 0 Å². The molecule has 0 spiro atoms. The van der Waals surface area contributed by atoms with Gasteiger partial charge in [-0.3, -0.25) is 0 Å². The standard InChI is InChI=1S/C11H19N3OS2/c1-6(2)8(12)11-13-10(14-15-11)9-7(3)16-4-5-17-9/h6-9H,4-5,12H2,1-3H3/t7?,8-,9?/m0/s1. The second kappa shape index (κ2) is 5.63. The predicted molar refractivity (Wildman–Crippen MR) is 73.2 cm³/mol. The minimum absolute atomic E-state index is 0.159. The highest BCUT2D eigenvalue weighted by molar-refractivity contribution is 8.06. The number of hydrogen-bond acceptors (Lipinski definition) is 6. The number of thioether (sulfide) groups is 2. The van der Waals surface area contributed by atoms with Crippen molar-refractivity contribution in [2.75, 3.05) is 11.5 Å². The molecule has 1 aliphatic heterocycles. The highest BCUT2D eigenvalue weighted by Gasteiger charge is 2.29. The zero-order valence-corrected chi connectivity index (χ0v) is 12.1. The highest BCUT2D eigenvalue weighted by atomic mass is 32.2. The van der Waals surface area contributed by atoms with Crippen molar-refractivity contribution in [2.24, 2.45) is 11.7 Å². The van der Waals surface area contributed by atoms with Crippen LogP contribution in [0.15, 0.2) is 4.52 Å². The molecule has 17 heavy (non-hydrogen) atoms. The summed E-state index contributed by atoms with van der Waals surface area (Å²) in [5.41, 5.74) is 6.01. The van der Waals surface area contributed by atoms with Crippen LogP contribution in [-0.4, -0.2) is 26.9 Å². The summed E-state index contributed by atoms with van der Waals surface area (Å²) in [5.74, 6) is 4.05. The van der Waals surface area contributed by atoms with Crippen molar-refractivity contribution in [1.29, 1.82) is 0 Å². The van der Waals surface area contributed by atoms with Crippen molar-refractivity contribution in [3.8, 4) is 0 Å². The van der Waals surface area contributed by atoms with Crippen LogP contribution >= 0.6 is 23.5 Å². The molecule has 96 valence electrons. The van der Waals surface area contributed by atoms with Crippen LogP contribution < -0.4 is 5.73 Å². The second-order valence-electron chi connectivity index (χ2n) is 4.63. The van der Waals surface area contributed by atoms with Crippen LogP contribution in [0, 0.1) is 5.92 Å². The lowest BCUT2D eigenvalue weighted by Crippen LogP contribution is -2.19. The first-order valence-corrected chi connectivity index (χ1v) is 8.01. The average Bonchev–Trinajstić information content (AvgIpc) is 2.77. The summed E-state index contributed by atoms with van der Waals surface area (Å²) in [6.07, 6.45) is 0. The van der Waals surface area contributed by atoms with Gasteiger partial charge in [-0.2, -0.15) is 16.7 Å². The van der Waals surface area contributed by atoms with Crippen molar-refractivity contribution in [1.82, 2.24) is 10.1 Å². The molecule has 3 atom stereocenters. The molecule has 0 aromatic carbocycles. The maximum atomic E-state index is 6.01. The summed E-state index contributed by atoms with van der Waals surface area (Å²) >= 11 is 3.88. The SMILES string of the molecule is CC1SCCSC1c1noc([C@@H](N)C(C)C)n1. The van der Waals surface area contributed by atoms with Crippen molar-refractivity contribution in [2.45, 2.75) is 37.3 Å². The lowest BCUT2D eigenvalue weighted by molar-refractivity contribution is 0.322. The molecular formula is C11H19N3OS2. The van der Waals surface area contributed by atoms with E-state index in [0.29, 0.717) is 22.3 Å². The van der Waals surface area contributed by atoms with Crippen LogP contribution in [0.5, 0.6) is 0 Å². The number of hydrogen-bond donors (Lipinski definition) is 1. The largest absolute Gasteiger partial charge is 0.338 e. The van der Waals surface area contributed by atoms with Gasteiger partial charge in [0.2, 0.25) is 5.89 Å². The van der Waals surface area contributed by atoms with E-state index in [2.05, 4.69) is 30.9 Å². The molecule has 1 saturated heterocycles. The maximum absolute atomic E-state index is 6.01. The van der Waals surface area contributed by atoms with Crippen LogP contribution in [-0.2, 0) is 0 Å². The Morgan fingerprint density at radius 2 is 2.06 bits per heavy atom. The van der Waals surface area contributed by atoms with Crippen molar-refractivity contribution < 1.29 is 4.52 Å². The molecule has 0 amide bonds. The lowest BCUT2D eigenvalue weighted by atomic mass is 10.1. The minimum Gasteiger partial charge on any atom is -0.338 e. The molecule has 1 aromatic rings. The van der Waals surface area contributed by atoms with E-state index < -0.39 is 0 Å². The minimum atomic E-state index is -0.159. The Hall–Kier alpha value is -0.200. The Labute approximate surface area is 110 Å². The van der Waals surface area contributed by atoms with Gasteiger partial charge in [0.1, 0.15) is 0 Å². The smallest absolute Gasteiger partial charge is 0.243 e. The molecule has 2 heterocycles. The molecule has 2 rings (SSSR count). The van der Waals surface area contributed by atoms with Gasteiger partial charge >= 0.3 is 0 Å². The third kappa shape index (κ3) is 2.98. The summed E-state index contributed by atoms with van der Waals surface area (Å²) in [5, 5.41) is 4.97. The van der Waals surface area contributed by atoms with Crippen LogP contribution in [0.1, 0.15) is 43.8 Å². The first kappa shape index (κ1) is 13.2. The van der Waals surface area contributed by atoms with Gasteiger partial charge in [-0.15, -0.1) is 11.8 Å². The van der Waals surface area contributed by atoms with Gasteiger partial charge in [0.25, 0.3) is 0 Å². The molecule has 2 unspecified atom stereocenters. The number of aromatic nitrogens is 2. The zero-order valence-electron chi connectivity index (χ0n) is 10.4. The van der Waals surface area contributed by atoms with E-state index in [1.807, 2.05) is 23.5 Å². The Bertz CT molecular complexity index is 369. The van der Waals surface area contributed by atoms with E-state index in [4.69, 9.17) is 10.3 Å². The van der Waals surface area contributed by atoms with Gasteiger partial charge in [0, 0.05) is 16.8 Å². The van der Waals surface area contributed by atoms with E-state index in [9.17, 15) is 0 Å². The zero-order chi connectivity index (χ0) is 12.4. The number of nitrogens with zero attached hydrogens (tertiary/aromatic N) is 2. The normalized spacial score (nSPS) is 27.4. The predicted octanol–water partition coefficient (Wildman–Crippen LogP) is 2.64. The molecule has 6 heteroatoms. The second-order valence-corrected chi connectivity index (χ2v) is 7.36. The van der Waals surface area contributed by atoms with Gasteiger partial charge < -0.3 is 10.3 Å². The van der Waals surface area contributed by atoms with Gasteiger partial charge in [-0.05, 0) is 5.92 Å². The Morgan fingerprint density at radius 1 is 1.35 bits per heavy atom. The summed E-state index contributed by atoms with van der Waals surface area (Å²) < 4.78 is 5.28. The molecule has 0 aliphatic carbocycles. The number of nitrogens with two attached hydrogens (primary N) is 1. The summed E-state index contributed by atoms with van der Waals surface area (Å²) in [6.45, 7) is 6.34. The first-order chi connectivity index (χ1) is 8.09. The van der Waals surface area contributed by atoms with E-state index in [0.717, 1.165) is 11.6 Å². The Kier molecular flexibility index (Phi) is 4.38. The third-order valence-corrected chi connectivity index (χ3v) is 5.99. The highest BCUT2D eigenvalue weighted by Crippen LogP contribution is 2.41. The summed E-state index contributed by atoms with van der Waals surface area (Å²) in [4.78, 5) is 4.47. The van der Waals surface area contributed by atoms with Crippen molar-refractivity contribution in [3.63, 3.8) is 0 Å². The molecule has 1 aliphatic rings. The van der Waals surface area contributed by atoms with E-state index in [1.54, 1.807) is 0 Å². The van der Waals surface area contributed by atoms with E-state index in [-0.39, 0.29) is 6.04 Å². The quantitative estimate of drug-likeness (QED) is 0.913. The first-order valence-electron chi connectivity index (χ1n) is 5.92. The van der Waals surface area contributed by atoms with Gasteiger partial charge in [-0.25, -0.2) is 0 Å². The molecule has 0 radical (unpaired) electrons. The Morgan fingerprint density at radius 3 is 2.71 bits per heavy atom. The topological polar surface area (TPSA) is 64.9 Å². The Balaban J connectivity index is 2.12. The van der Waals surface area contributed by atoms with Crippen LogP contribution in [0.4, 0.5) is 0 Å². The van der Waals surface area contributed by atoms with Crippen molar-refractivity contribution in [3.05, 3.63) is 11.7 Å². The van der Waals surface area contributed by atoms with Crippen LogP contribution in [0.2, 0.25) is 0 Å². The van der Waals surface area contributed by atoms with E-state index in [1.165, 1.54) is 5.75 Å². The fourth-order valence-corrected chi connectivity index (χ4v) is 4.38. The van der Waals surface area contributed by atoms with E-state index >= 15 is 0 Å². The fraction of sp³-hybridized carbons (Fsp3) is 0.818. The van der Waals surface area contributed by atoms with Gasteiger partial charge in [0.05, 0.1) is 11.3 Å². The van der Waals surface area contributed by atoms with Crippen LogP contribution in [0.25, 0.3) is 0 Å². The third-order valence-electron chi connectivity index (χ3n) is 2.90. The van der Waals surface area contributed by atoms with Crippen molar-refractivity contribution >= 4 is 23.5 Å². The molecule has 4 nitrogen and oxygen atoms in total. The molecule has 0 bridgehead atoms. The summed E-state index contributed by atoms with van der Waals surface area (Å²) in [6, 6.07) is -0.159. The molecular weight excluding hydrogens is 254 g/mol. The fourth-order valence-electron chi connectivity index (χ4n) is 1.70. The molecule has 1 aromatic heterocycles. The summed E-state index contributed by atoms with van der Waals surface area (Å²) in [7, 11) is 0. The number of rotatable bonds is 3. The molecule has 2 N–H and O–H groups in total. The average molecular weight is 273 g/mol. The lowest BCUT2D eigenvalue weighted by Gasteiger charge is -2.24. The monoisotopic (exact) mass is 273 g/mol. The van der Waals surface area contributed by atoms with Gasteiger partial charge in [-0.1, -0.05) is 25.9 Å².